The largest absolute Gasteiger partial charge is 0.344 e. The summed E-state index contributed by atoms with van der Waals surface area (Å²) in [6.07, 6.45) is 3.04. The van der Waals surface area contributed by atoms with Crippen LogP contribution in [0.5, 0.6) is 0 Å². The SMILES string of the molecule is ClCCC(CBr)(CCCl)Cc1ccccc1.N. The van der Waals surface area contributed by atoms with Crippen molar-refractivity contribution < 1.29 is 0 Å². The van der Waals surface area contributed by atoms with E-state index in [1.807, 2.05) is 6.07 Å². The van der Waals surface area contributed by atoms with E-state index in [9.17, 15) is 0 Å². The predicted octanol–water partition coefficient (Wildman–Crippen LogP) is 5.03. The van der Waals surface area contributed by atoms with Crippen LogP contribution in [0.2, 0.25) is 0 Å². The van der Waals surface area contributed by atoms with Gasteiger partial charge in [0, 0.05) is 17.1 Å². The third-order valence-corrected chi connectivity index (χ3v) is 4.52. The van der Waals surface area contributed by atoms with Crippen molar-refractivity contribution >= 4 is 39.1 Å². The Morgan fingerprint density at radius 3 is 1.94 bits per heavy atom. The number of hydrogen-bond acceptors (Lipinski definition) is 1. The normalized spacial score (nSPS) is 11.0. The Balaban J connectivity index is 0.00000256. The molecule has 0 aromatic heterocycles. The highest BCUT2D eigenvalue weighted by molar-refractivity contribution is 9.09. The molecule has 0 bridgehead atoms. The molecule has 1 nitrogen and oxygen atoms in total. The molecule has 1 aromatic carbocycles. The molecule has 0 amide bonds. The molecule has 1 aromatic rings. The molecule has 0 unspecified atom stereocenters. The zero-order valence-electron chi connectivity index (χ0n) is 9.97. The summed E-state index contributed by atoms with van der Waals surface area (Å²) in [7, 11) is 0. The van der Waals surface area contributed by atoms with Gasteiger partial charge in [-0.05, 0) is 30.2 Å². The molecule has 0 spiro atoms. The number of benzene rings is 1. The van der Waals surface area contributed by atoms with Gasteiger partial charge in [-0.25, -0.2) is 0 Å². The monoisotopic (exact) mass is 339 g/mol. The van der Waals surface area contributed by atoms with Crippen LogP contribution in [-0.4, -0.2) is 17.1 Å². The number of alkyl halides is 3. The Morgan fingerprint density at radius 1 is 1.00 bits per heavy atom. The highest BCUT2D eigenvalue weighted by Crippen LogP contribution is 2.34. The first-order valence-electron chi connectivity index (χ1n) is 5.48. The summed E-state index contributed by atoms with van der Waals surface area (Å²) in [6, 6.07) is 10.5. The molecule has 0 fully saturated rings. The third-order valence-electron chi connectivity index (χ3n) is 2.96. The topological polar surface area (TPSA) is 35.0 Å². The van der Waals surface area contributed by atoms with Crippen LogP contribution in [0.25, 0.3) is 0 Å². The molecular weight excluding hydrogens is 321 g/mol. The van der Waals surface area contributed by atoms with Crippen molar-refractivity contribution in [2.75, 3.05) is 17.1 Å². The minimum Gasteiger partial charge on any atom is -0.344 e. The van der Waals surface area contributed by atoms with Crippen LogP contribution in [0.4, 0.5) is 0 Å². The summed E-state index contributed by atoms with van der Waals surface area (Å²) in [5.74, 6) is 1.38. The summed E-state index contributed by atoms with van der Waals surface area (Å²) in [5, 5.41) is 0.953. The van der Waals surface area contributed by atoms with Crippen molar-refractivity contribution in [3.05, 3.63) is 35.9 Å². The first kappa shape index (κ1) is 17.2. The molecule has 3 N–H and O–H groups in total. The first-order chi connectivity index (χ1) is 7.76. The van der Waals surface area contributed by atoms with E-state index in [2.05, 4.69) is 40.2 Å². The van der Waals surface area contributed by atoms with Crippen LogP contribution in [-0.2, 0) is 6.42 Å². The van der Waals surface area contributed by atoms with Gasteiger partial charge in [-0.1, -0.05) is 46.3 Å². The maximum Gasteiger partial charge on any atom is 0.0229 e. The number of halogens is 3. The van der Waals surface area contributed by atoms with Crippen LogP contribution in [0.3, 0.4) is 0 Å². The summed E-state index contributed by atoms with van der Waals surface area (Å²) in [5.41, 5.74) is 1.56. The Morgan fingerprint density at radius 2 is 1.53 bits per heavy atom. The fraction of sp³-hybridized carbons (Fsp3) is 0.538. The maximum absolute atomic E-state index is 5.90. The zero-order valence-corrected chi connectivity index (χ0v) is 13.1. The zero-order chi connectivity index (χ0) is 11.9. The van der Waals surface area contributed by atoms with Gasteiger partial charge in [-0.15, -0.1) is 23.2 Å². The van der Waals surface area contributed by atoms with E-state index in [4.69, 9.17) is 23.2 Å². The quantitative estimate of drug-likeness (QED) is 0.694. The van der Waals surface area contributed by atoms with Crippen molar-refractivity contribution in [3.8, 4) is 0 Å². The van der Waals surface area contributed by atoms with Gasteiger partial charge in [0.05, 0.1) is 0 Å². The summed E-state index contributed by atoms with van der Waals surface area (Å²) in [6.45, 7) is 0. The van der Waals surface area contributed by atoms with E-state index in [1.165, 1.54) is 5.56 Å². The minimum absolute atomic E-state index is 0. The van der Waals surface area contributed by atoms with E-state index in [-0.39, 0.29) is 11.6 Å². The number of rotatable bonds is 7. The van der Waals surface area contributed by atoms with Crippen LogP contribution >= 0.6 is 39.1 Å². The Kier molecular flexibility index (Phi) is 9.34. The number of hydrogen-bond donors (Lipinski definition) is 1. The summed E-state index contributed by atoms with van der Waals surface area (Å²) >= 11 is 15.4. The molecule has 0 saturated carbocycles. The lowest BCUT2D eigenvalue weighted by molar-refractivity contribution is 0.311. The standard InChI is InChI=1S/C13H17BrCl2.H3N/c14-11-13(6-8-15,7-9-16)10-12-4-2-1-3-5-12;/h1-5H,6-11H2;1H3. The van der Waals surface area contributed by atoms with Gasteiger partial charge < -0.3 is 6.15 Å². The maximum atomic E-state index is 5.90. The molecule has 17 heavy (non-hydrogen) atoms. The van der Waals surface area contributed by atoms with Gasteiger partial charge in [-0.2, -0.15) is 0 Å². The average Bonchev–Trinajstić information content (AvgIpc) is 2.31. The average molecular weight is 341 g/mol. The lowest BCUT2D eigenvalue weighted by Crippen LogP contribution is -2.27. The smallest absolute Gasteiger partial charge is 0.0229 e. The van der Waals surface area contributed by atoms with Crippen LogP contribution in [0, 0.1) is 5.41 Å². The summed E-state index contributed by atoms with van der Waals surface area (Å²) in [4.78, 5) is 0. The molecule has 0 radical (unpaired) electrons. The van der Waals surface area contributed by atoms with E-state index in [0.29, 0.717) is 11.8 Å². The van der Waals surface area contributed by atoms with Crippen molar-refractivity contribution in [1.82, 2.24) is 6.15 Å². The van der Waals surface area contributed by atoms with Gasteiger partial charge in [0.1, 0.15) is 0 Å². The molecule has 1 rings (SSSR count). The van der Waals surface area contributed by atoms with Gasteiger partial charge in [-0.3, -0.25) is 0 Å². The van der Waals surface area contributed by atoms with Gasteiger partial charge >= 0.3 is 0 Å². The van der Waals surface area contributed by atoms with E-state index >= 15 is 0 Å². The van der Waals surface area contributed by atoms with E-state index < -0.39 is 0 Å². The summed E-state index contributed by atoms with van der Waals surface area (Å²) < 4.78 is 0. The third kappa shape index (κ3) is 5.60. The molecule has 98 valence electrons. The predicted molar refractivity (Wildman–Crippen MR) is 82.1 cm³/mol. The second-order valence-electron chi connectivity index (χ2n) is 4.17. The van der Waals surface area contributed by atoms with Crippen LogP contribution in [0.1, 0.15) is 18.4 Å². The van der Waals surface area contributed by atoms with Crippen molar-refractivity contribution in [1.29, 1.82) is 0 Å². The Bertz CT molecular complexity index is 287. The van der Waals surface area contributed by atoms with Crippen molar-refractivity contribution in [2.24, 2.45) is 5.41 Å². The van der Waals surface area contributed by atoms with Gasteiger partial charge in [0.15, 0.2) is 0 Å². The highest BCUT2D eigenvalue weighted by Gasteiger charge is 2.27. The van der Waals surface area contributed by atoms with Gasteiger partial charge in [0.25, 0.3) is 0 Å². The molecule has 4 heteroatoms. The molecule has 0 aliphatic heterocycles. The van der Waals surface area contributed by atoms with E-state index in [1.54, 1.807) is 0 Å². The molecule has 0 saturated heterocycles. The Hall–Kier alpha value is 0.240. The minimum atomic E-state index is 0. The fourth-order valence-corrected chi connectivity index (χ4v) is 3.47. The first-order valence-corrected chi connectivity index (χ1v) is 7.67. The highest BCUT2D eigenvalue weighted by atomic mass is 79.9. The van der Waals surface area contributed by atoms with Crippen molar-refractivity contribution in [2.45, 2.75) is 19.3 Å². The molecule has 0 heterocycles. The van der Waals surface area contributed by atoms with E-state index in [0.717, 1.165) is 24.6 Å². The van der Waals surface area contributed by atoms with Crippen LogP contribution in [0.15, 0.2) is 30.3 Å². The fourth-order valence-electron chi connectivity index (χ4n) is 1.91. The second kappa shape index (κ2) is 9.21. The van der Waals surface area contributed by atoms with Crippen LogP contribution < -0.4 is 6.15 Å². The molecule has 0 aliphatic rings. The lowest BCUT2D eigenvalue weighted by atomic mass is 9.79. The Labute approximate surface area is 123 Å². The molecule has 0 atom stereocenters. The van der Waals surface area contributed by atoms with Gasteiger partial charge in [0.2, 0.25) is 0 Å². The second-order valence-corrected chi connectivity index (χ2v) is 5.49. The van der Waals surface area contributed by atoms with Crippen molar-refractivity contribution in [3.63, 3.8) is 0 Å². The molecule has 0 aliphatic carbocycles. The lowest BCUT2D eigenvalue weighted by Gasteiger charge is -2.31. The molecular formula is C13H20BrCl2N.